The van der Waals surface area contributed by atoms with E-state index in [1.807, 2.05) is 0 Å². The lowest BCUT2D eigenvalue weighted by molar-refractivity contribution is -0.138. The van der Waals surface area contributed by atoms with Crippen LogP contribution in [0.3, 0.4) is 0 Å². The van der Waals surface area contributed by atoms with E-state index in [9.17, 15) is 22.8 Å². The molecule has 0 bridgehead atoms. The Morgan fingerprint density at radius 1 is 1.24 bits per heavy atom. The van der Waals surface area contributed by atoms with Crippen LogP contribution in [0.5, 0.6) is 0 Å². The van der Waals surface area contributed by atoms with Gasteiger partial charge in [-0.1, -0.05) is 30.2 Å². The first-order valence-electron chi connectivity index (χ1n) is 11.3. The van der Waals surface area contributed by atoms with Crippen LogP contribution in [0.4, 0.5) is 23.7 Å². The Balaban J connectivity index is 0.000000903. The Morgan fingerprint density at radius 3 is 2.34 bits per heavy atom. The van der Waals surface area contributed by atoms with Gasteiger partial charge in [0.1, 0.15) is 0 Å². The number of thioether (sulfide) groups is 1. The van der Waals surface area contributed by atoms with E-state index in [0.717, 1.165) is 24.0 Å². The molecule has 0 saturated heterocycles. The van der Waals surface area contributed by atoms with Gasteiger partial charge in [-0.25, -0.2) is 0 Å². The number of carbonyl (C=O) groups excluding carboxylic acids is 2. The van der Waals surface area contributed by atoms with E-state index in [-0.39, 0.29) is 27.3 Å². The molecule has 3 rings (SSSR count). The second kappa shape index (κ2) is 15.9. The molecule has 0 atom stereocenters. The zero-order valence-electron chi connectivity index (χ0n) is 21.0. The summed E-state index contributed by atoms with van der Waals surface area (Å²) in [6.45, 7) is -0.130. The van der Waals surface area contributed by atoms with Crippen LogP contribution >= 0.6 is 23.4 Å². The summed E-state index contributed by atoms with van der Waals surface area (Å²) in [6.07, 6.45) is 10.4. The second-order valence-corrected chi connectivity index (χ2v) is 9.72. The normalized spacial score (nSPS) is 13.0. The van der Waals surface area contributed by atoms with E-state index in [2.05, 4.69) is 18.2 Å². The van der Waals surface area contributed by atoms with Crippen LogP contribution in [-0.2, 0) is 17.5 Å². The lowest BCUT2D eigenvalue weighted by Crippen LogP contribution is -2.27. The van der Waals surface area contributed by atoms with Crippen molar-refractivity contribution in [3.63, 3.8) is 0 Å². The summed E-state index contributed by atoms with van der Waals surface area (Å²) >= 11 is 6.47. The average molecular weight is 567 g/mol. The third kappa shape index (κ3) is 10.6. The van der Waals surface area contributed by atoms with Gasteiger partial charge in [0.25, 0.3) is 5.24 Å². The highest BCUT2D eigenvalue weighted by Gasteiger charge is 2.33. The second-order valence-electron chi connectivity index (χ2n) is 8.26. The van der Waals surface area contributed by atoms with Crippen molar-refractivity contribution in [1.29, 1.82) is 5.41 Å². The van der Waals surface area contributed by atoms with E-state index in [4.69, 9.17) is 22.7 Å². The summed E-state index contributed by atoms with van der Waals surface area (Å²) in [5.74, 6) is 0. The number of terminal acetylenes is 1. The first-order valence-corrected chi connectivity index (χ1v) is 12.5. The fourth-order valence-electron chi connectivity index (χ4n) is 2.99. The Hall–Kier alpha value is -3.26. The Kier molecular flexibility index (Phi) is 13.7. The lowest BCUT2D eigenvalue weighted by atomic mass is 9.95. The average Bonchev–Trinajstić information content (AvgIpc) is 2.87. The molecule has 2 aromatic rings. The van der Waals surface area contributed by atoms with Crippen LogP contribution < -0.4 is 11.1 Å². The number of benzene rings is 2. The first-order chi connectivity index (χ1) is 17.9. The summed E-state index contributed by atoms with van der Waals surface area (Å²) < 4.78 is 39.8. The van der Waals surface area contributed by atoms with Gasteiger partial charge in [0.2, 0.25) is 0 Å². The molecule has 0 radical (unpaired) electrons. The van der Waals surface area contributed by atoms with Crippen molar-refractivity contribution in [2.45, 2.75) is 38.0 Å². The number of carbonyl (C=O) groups is 2. The van der Waals surface area contributed by atoms with Gasteiger partial charge in [-0.2, -0.15) is 13.2 Å². The van der Waals surface area contributed by atoms with Crippen molar-refractivity contribution in [3.8, 4) is 12.8 Å². The number of nitrogens with zero attached hydrogens (tertiary/aromatic N) is 1. The quantitative estimate of drug-likeness (QED) is 0.150. The van der Waals surface area contributed by atoms with Gasteiger partial charge in [0, 0.05) is 49.2 Å². The molecule has 0 spiro atoms. The maximum atomic E-state index is 13.3. The third-order valence-corrected chi connectivity index (χ3v) is 6.45. The highest BCUT2D eigenvalue weighted by Crippen LogP contribution is 2.34. The summed E-state index contributed by atoms with van der Waals surface area (Å²) in [6, 6.07) is 8.93. The largest absolute Gasteiger partial charge is 0.416 e. The number of amides is 1. The number of halogens is 4. The number of rotatable bonds is 7. The van der Waals surface area contributed by atoms with Crippen molar-refractivity contribution in [1.82, 2.24) is 4.90 Å². The van der Waals surface area contributed by atoms with Crippen LogP contribution in [0, 0.1) is 18.3 Å². The van der Waals surface area contributed by atoms with Gasteiger partial charge in [-0.15, -0.1) is 12.8 Å². The van der Waals surface area contributed by atoms with Crippen LogP contribution in [0.15, 0.2) is 41.3 Å². The number of alkyl halides is 3. The van der Waals surface area contributed by atoms with E-state index in [1.54, 1.807) is 32.3 Å². The summed E-state index contributed by atoms with van der Waals surface area (Å²) in [5.41, 5.74) is 5.97. The van der Waals surface area contributed by atoms with Crippen LogP contribution in [-0.4, -0.2) is 42.8 Å². The molecule has 0 aromatic heterocycles. The number of aldehydes is 1. The maximum absolute atomic E-state index is 13.3. The molecule has 38 heavy (non-hydrogen) atoms. The molecule has 2 aromatic carbocycles. The van der Waals surface area contributed by atoms with E-state index in [1.165, 1.54) is 42.4 Å². The molecule has 204 valence electrons. The van der Waals surface area contributed by atoms with Crippen LogP contribution in [0.1, 0.15) is 41.5 Å². The SMILES string of the molecule is C#C.CN(C)C(=O)S/C(C=O)=C\c1ccc(NCc2ccc(Cl)cc2C(F)(F)F)c(C=N)c1.NC1CCC1. The molecule has 1 saturated carbocycles. The van der Waals surface area contributed by atoms with Crippen molar-refractivity contribution in [2.24, 2.45) is 5.73 Å². The van der Waals surface area contributed by atoms with Crippen LogP contribution in [0.2, 0.25) is 5.02 Å². The van der Waals surface area contributed by atoms with Crippen molar-refractivity contribution in [3.05, 3.63) is 68.6 Å². The van der Waals surface area contributed by atoms with E-state index < -0.39 is 11.7 Å². The molecule has 1 aliphatic rings. The highest BCUT2D eigenvalue weighted by atomic mass is 35.5. The first kappa shape index (κ1) is 32.8. The molecular formula is C27H30ClF3N4O2S. The molecule has 1 amide bonds. The minimum atomic E-state index is -4.55. The predicted octanol–water partition coefficient (Wildman–Crippen LogP) is 6.67. The van der Waals surface area contributed by atoms with Crippen molar-refractivity contribution in [2.75, 3.05) is 19.4 Å². The van der Waals surface area contributed by atoms with Crippen molar-refractivity contribution >= 4 is 52.9 Å². The summed E-state index contributed by atoms with van der Waals surface area (Å²) in [7, 11) is 3.13. The summed E-state index contributed by atoms with van der Waals surface area (Å²) in [5, 5.41) is 10.2. The van der Waals surface area contributed by atoms with Gasteiger partial charge in [-0.05, 0) is 66.1 Å². The minimum Gasteiger partial charge on any atom is -0.380 e. The van der Waals surface area contributed by atoms with E-state index >= 15 is 0 Å². The van der Waals surface area contributed by atoms with E-state index in [0.29, 0.717) is 29.1 Å². The van der Waals surface area contributed by atoms with Gasteiger partial charge in [-0.3, -0.25) is 9.59 Å². The topological polar surface area (TPSA) is 99.3 Å². The van der Waals surface area contributed by atoms with Crippen molar-refractivity contribution < 1.29 is 22.8 Å². The number of nitrogens with two attached hydrogens (primary N) is 1. The Bertz CT molecular complexity index is 1160. The fourth-order valence-corrected chi connectivity index (χ4v) is 3.79. The molecule has 0 aliphatic heterocycles. The van der Waals surface area contributed by atoms with Gasteiger partial charge in [0.05, 0.1) is 10.5 Å². The molecule has 1 aliphatic carbocycles. The Labute approximate surface area is 230 Å². The standard InChI is InChI=1S/C21H19ClF3N3O2S.C4H9N.C2H2/c1-28(2)20(30)31-17(12-29)8-13-3-6-19(15(7-13)10-26)27-11-14-4-5-16(22)9-18(14)21(23,24)25;5-4-2-1-3-4;1-2/h3-10,12,26-27H,11H2,1-2H3;4H,1-3,5H2;1-2H/b17-8-,26-10?;;. The van der Waals surface area contributed by atoms with Crippen LogP contribution in [0.25, 0.3) is 6.08 Å². The number of allylic oxidation sites excluding steroid dienone is 1. The smallest absolute Gasteiger partial charge is 0.380 e. The molecular weight excluding hydrogens is 537 g/mol. The van der Waals surface area contributed by atoms with Gasteiger partial charge in [0.15, 0.2) is 6.29 Å². The fraction of sp³-hybridized carbons (Fsp3) is 0.296. The molecule has 0 unspecified atom stereocenters. The molecule has 1 fully saturated rings. The maximum Gasteiger partial charge on any atom is 0.416 e. The zero-order chi connectivity index (χ0) is 28.9. The minimum absolute atomic E-state index is 0.0102. The molecule has 4 N–H and O–H groups in total. The lowest BCUT2D eigenvalue weighted by Gasteiger charge is -2.18. The summed E-state index contributed by atoms with van der Waals surface area (Å²) in [4.78, 5) is 24.6. The monoisotopic (exact) mass is 566 g/mol. The highest BCUT2D eigenvalue weighted by molar-refractivity contribution is 8.17. The Morgan fingerprint density at radius 2 is 1.87 bits per heavy atom. The molecule has 0 heterocycles. The molecule has 6 nitrogen and oxygen atoms in total. The zero-order valence-corrected chi connectivity index (χ0v) is 22.6. The third-order valence-electron chi connectivity index (χ3n) is 5.22. The van der Waals surface area contributed by atoms with Gasteiger partial charge >= 0.3 is 6.18 Å². The number of anilines is 1. The number of hydrogen-bond acceptors (Lipinski definition) is 6. The van der Waals surface area contributed by atoms with Gasteiger partial charge < -0.3 is 21.4 Å². The predicted molar refractivity (Wildman–Crippen MR) is 151 cm³/mol. The number of nitrogens with one attached hydrogen (secondary N) is 2. The number of hydrogen-bond donors (Lipinski definition) is 3. The molecule has 11 heteroatoms.